The molecule has 0 aliphatic heterocycles. The first-order valence-corrected chi connectivity index (χ1v) is 8.31. The highest BCUT2D eigenvalue weighted by Gasteiger charge is 2.16. The fourth-order valence-electron chi connectivity index (χ4n) is 1.89. The molecule has 0 saturated carbocycles. The van der Waals surface area contributed by atoms with Crippen LogP contribution in [0.4, 0.5) is 10.1 Å². The summed E-state index contributed by atoms with van der Waals surface area (Å²) in [5.41, 5.74) is 2.92. The van der Waals surface area contributed by atoms with Gasteiger partial charge in [0.25, 0.3) is 5.91 Å². The Morgan fingerprint density at radius 3 is 2.61 bits per heavy atom. The SMILES string of the molecule is Cc1ccc(-c2csc(NC(=O)c3ccc([N+](=O)[O-])s3)n2)cc1. The zero-order valence-electron chi connectivity index (χ0n) is 12.0. The minimum atomic E-state index is -0.514. The number of anilines is 1. The minimum absolute atomic E-state index is 0.0605. The van der Waals surface area contributed by atoms with Crippen molar-refractivity contribution in [2.75, 3.05) is 5.32 Å². The lowest BCUT2D eigenvalue weighted by molar-refractivity contribution is -0.380. The Morgan fingerprint density at radius 2 is 1.96 bits per heavy atom. The number of aromatic nitrogens is 1. The van der Waals surface area contributed by atoms with Gasteiger partial charge in [-0.05, 0) is 13.0 Å². The van der Waals surface area contributed by atoms with Gasteiger partial charge >= 0.3 is 5.00 Å². The molecule has 0 bridgehead atoms. The van der Waals surface area contributed by atoms with E-state index in [4.69, 9.17) is 0 Å². The van der Waals surface area contributed by atoms with Crippen molar-refractivity contribution in [1.29, 1.82) is 0 Å². The van der Waals surface area contributed by atoms with Crippen LogP contribution in [0.1, 0.15) is 15.2 Å². The lowest BCUT2D eigenvalue weighted by atomic mass is 10.1. The molecule has 2 aromatic heterocycles. The summed E-state index contributed by atoms with van der Waals surface area (Å²) in [5, 5.41) is 15.6. The van der Waals surface area contributed by atoms with E-state index >= 15 is 0 Å². The number of thiazole rings is 1. The van der Waals surface area contributed by atoms with E-state index in [1.54, 1.807) is 0 Å². The maximum absolute atomic E-state index is 12.1. The summed E-state index contributed by atoms with van der Waals surface area (Å²) in [7, 11) is 0. The molecule has 0 unspecified atom stereocenters. The van der Waals surface area contributed by atoms with E-state index in [0.717, 1.165) is 28.2 Å². The van der Waals surface area contributed by atoms with Crippen molar-refractivity contribution in [2.45, 2.75) is 6.92 Å². The van der Waals surface area contributed by atoms with Crippen molar-refractivity contribution in [1.82, 2.24) is 4.98 Å². The van der Waals surface area contributed by atoms with Crippen LogP contribution in [0.3, 0.4) is 0 Å². The van der Waals surface area contributed by atoms with Gasteiger partial charge in [-0.15, -0.1) is 11.3 Å². The molecule has 116 valence electrons. The van der Waals surface area contributed by atoms with Crippen molar-refractivity contribution >= 4 is 38.7 Å². The Balaban J connectivity index is 1.74. The number of thiophene rings is 1. The van der Waals surface area contributed by atoms with E-state index in [2.05, 4.69) is 10.3 Å². The standard InChI is InChI=1S/C15H11N3O3S2/c1-9-2-4-10(5-3-9)11-8-22-15(16-11)17-14(19)12-6-7-13(23-12)18(20)21/h2-8H,1H3,(H,16,17,19). The largest absolute Gasteiger partial charge is 0.324 e. The fourth-order valence-corrected chi connectivity index (χ4v) is 3.33. The van der Waals surface area contributed by atoms with E-state index in [9.17, 15) is 14.9 Å². The molecule has 0 atom stereocenters. The highest BCUT2D eigenvalue weighted by Crippen LogP contribution is 2.27. The predicted octanol–water partition coefficient (Wildman–Crippen LogP) is 4.34. The minimum Gasteiger partial charge on any atom is -0.297 e. The summed E-state index contributed by atoms with van der Waals surface area (Å²) < 4.78 is 0. The lowest BCUT2D eigenvalue weighted by Crippen LogP contribution is -2.09. The first-order chi connectivity index (χ1) is 11.0. The van der Waals surface area contributed by atoms with Crippen molar-refractivity contribution < 1.29 is 9.72 Å². The molecule has 0 spiro atoms. The van der Waals surface area contributed by atoms with E-state index in [1.165, 1.54) is 23.5 Å². The molecule has 0 aliphatic carbocycles. The van der Waals surface area contributed by atoms with Crippen LogP contribution in [-0.2, 0) is 0 Å². The first-order valence-electron chi connectivity index (χ1n) is 6.61. The smallest absolute Gasteiger partial charge is 0.297 e. The molecule has 23 heavy (non-hydrogen) atoms. The topological polar surface area (TPSA) is 85.1 Å². The average molecular weight is 345 g/mol. The number of aryl methyl sites for hydroxylation is 1. The molecule has 1 amide bonds. The highest BCUT2D eigenvalue weighted by atomic mass is 32.1. The van der Waals surface area contributed by atoms with Crippen molar-refractivity contribution in [3.63, 3.8) is 0 Å². The number of rotatable bonds is 4. The van der Waals surface area contributed by atoms with Crippen LogP contribution in [0, 0.1) is 17.0 Å². The molecule has 3 aromatic rings. The normalized spacial score (nSPS) is 10.5. The van der Waals surface area contributed by atoms with Gasteiger partial charge in [-0.2, -0.15) is 0 Å². The molecule has 6 nitrogen and oxygen atoms in total. The fraction of sp³-hybridized carbons (Fsp3) is 0.0667. The number of nitrogens with zero attached hydrogens (tertiary/aromatic N) is 2. The number of nitrogens with one attached hydrogen (secondary N) is 1. The van der Waals surface area contributed by atoms with Crippen LogP contribution in [0.15, 0.2) is 41.8 Å². The molecule has 2 heterocycles. The van der Waals surface area contributed by atoms with Gasteiger partial charge in [-0.25, -0.2) is 4.98 Å². The highest BCUT2D eigenvalue weighted by molar-refractivity contribution is 7.17. The van der Waals surface area contributed by atoms with E-state index in [0.29, 0.717) is 5.13 Å². The van der Waals surface area contributed by atoms with Crippen molar-refractivity contribution in [3.8, 4) is 11.3 Å². The second-order valence-corrected chi connectivity index (χ2v) is 6.67. The quantitative estimate of drug-likeness (QED) is 0.563. The molecular weight excluding hydrogens is 334 g/mol. The number of benzene rings is 1. The molecular formula is C15H11N3O3S2. The molecule has 1 aromatic carbocycles. The molecule has 1 N–H and O–H groups in total. The summed E-state index contributed by atoms with van der Waals surface area (Å²) in [6.45, 7) is 2.01. The van der Waals surface area contributed by atoms with Gasteiger partial charge < -0.3 is 0 Å². The predicted molar refractivity (Wildman–Crippen MR) is 91.2 cm³/mol. The van der Waals surface area contributed by atoms with Gasteiger partial charge in [-0.1, -0.05) is 41.2 Å². The second-order valence-electron chi connectivity index (χ2n) is 4.75. The van der Waals surface area contributed by atoms with Gasteiger partial charge in [0.1, 0.15) is 0 Å². The van der Waals surface area contributed by atoms with Gasteiger partial charge in [0.2, 0.25) is 0 Å². The Kier molecular flexibility index (Phi) is 4.18. The number of amides is 1. The Bertz CT molecular complexity index is 868. The Labute approximate surface area is 139 Å². The Hall–Kier alpha value is -2.58. The van der Waals surface area contributed by atoms with Crippen molar-refractivity contribution in [2.24, 2.45) is 0 Å². The van der Waals surface area contributed by atoms with Crippen LogP contribution in [0.5, 0.6) is 0 Å². The maximum Gasteiger partial charge on any atom is 0.324 e. The van der Waals surface area contributed by atoms with E-state index in [1.807, 2.05) is 36.6 Å². The summed E-state index contributed by atoms with van der Waals surface area (Å²) >= 11 is 2.15. The lowest BCUT2D eigenvalue weighted by Gasteiger charge is -1.99. The second kappa shape index (κ2) is 6.27. The number of carbonyl (C=O) groups is 1. The molecule has 0 radical (unpaired) electrons. The third-order valence-electron chi connectivity index (χ3n) is 3.07. The summed E-state index contributed by atoms with van der Waals surface area (Å²) in [4.78, 5) is 26.9. The first kappa shape index (κ1) is 15.3. The summed E-state index contributed by atoms with van der Waals surface area (Å²) in [6.07, 6.45) is 0. The molecule has 0 fully saturated rings. The molecule has 3 rings (SSSR count). The number of nitro groups is 1. The van der Waals surface area contributed by atoms with Crippen molar-refractivity contribution in [3.05, 3.63) is 62.3 Å². The zero-order valence-corrected chi connectivity index (χ0v) is 13.6. The van der Waals surface area contributed by atoms with Crippen LogP contribution in [0.25, 0.3) is 11.3 Å². The molecule has 0 saturated heterocycles. The molecule has 0 aliphatic rings. The van der Waals surface area contributed by atoms with E-state index < -0.39 is 10.8 Å². The zero-order chi connectivity index (χ0) is 16.4. The Morgan fingerprint density at radius 1 is 1.22 bits per heavy atom. The molecule has 8 heteroatoms. The van der Waals surface area contributed by atoms with Gasteiger partial charge in [0, 0.05) is 17.0 Å². The monoisotopic (exact) mass is 345 g/mol. The summed E-state index contributed by atoms with van der Waals surface area (Å²) in [6, 6.07) is 10.7. The van der Waals surface area contributed by atoms with Crippen LogP contribution < -0.4 is 5.32 Å². The van der Waals surface area contributed by atoms with Crippen LogP contribution in [0.2, 0.25) is 0 Å². The maximum atomic E-state index is 12.1. The van der Waals surface area contributed by atoms with Gasteiger partial charge in [-0.3, -0.25) is 20.2 Å². The van der Waals surface area contributed by atoms with E-state index in [-0.39, 0.29) is 9.88 Å². The third-order valence-corrected chi connectivity index (χ3v) is 4.86. The number of carbonyl (C=O) groups excluding carboxylic acids is 1. The van der Waals surface area contributed by atoms with Gasteiger partial charge in [0.05, 0.1) is 15.5 Å². The van der Waals surface area contributed by atoms with Crippen LogP contribution >= 0.6 is 22.7 Å². The average Bonchev–Trinajstić information content (AvgIpc) is 3.17. The number of hydrogen-bond acceptors (Lipinski definition) is 6. The number of hydrogen-bond donors (Lipinski definition) is 1. The van der Waals surface area contributed by atoms with Crippen LogP contribution in [-0.4, -0.2) is 15.8 Å². The van der Waals surface area contributed by atoms with Gasteiger partial charge in [0.15, 0.2) is 5.13 Å². The summed E-state index contributed by atoms with van der Waals surface area (Å²) in [5.74, 6) is -0.395. The third kappa shape index (κ3) is 3.43.